The predicted molar refractivity (Wildman–Crippen MR) is 157 cm³/mol. The van der Waals surface area contributed by atoms with Crippen LogP contribution in [-0.2, 0) is 47.7 Å². The van der Waals surface area contributed by atoms with Crippen molar-refractivity contribution in [2.75, 3.05) is 6.61 Å². The number of aromatic nitrogens is 2. The van der Waals surface area contributed by atoms with Gasteiger partial charge in [0.1, 0.15) is 6.61 Å². The minimum atomic E-state index is -1.57. The summed E-state index contributed by atoms with van der Waals surface area (Å²) in [6.07, 6.45) is -2.37. The van der Waals surface area contributed by atoms with Crippen LogP contribution in [0, 0.1) is 0 Å². The Morgan fingerprint density at radius 1 is 0.568 bits per heavy atom. The second-order valence-electron chi connectivity index (χ2n) is 10.2. The average Bonchev–Trinajstić information content (AvgIpc) is 3.57. The molecule has 0 bridgehead atoms. The molecule has 0 radical (unpaired) electrons. The van der Waals surface area contributed by atoms with Crippen molar-refractivity contribution in [1.29, 1.82) is 0 Å². The van der Waals surface area contributed by atoms with Crippen molar-refractivity contribution in [3.8, 4) is 0 Å². The van der Waals surface area contributed by atoms with Gasteiger partial charge in [-0.05, 0) is 23.3 Å². The third-order valence-corrected chi connectivity index (χ3v) is 6.93. The van der Waals surface area contributed by atoms with Crippen LogP contribution in [0.25, 0.3) is 21.8 Å². The van der Waals surface area contributed by atoms with Crippen LogP contribution >= 0.6 is 0 Å². The summed E-state index contributed by atoms with van der Waals surface area (Å²) in [5.74, 6) is -4.64. The summed E-state index contributed by atoms with van der Waals surface area (Å²) in [6.45, 7) is 5.19. The Hall–Kier alpha value is -5.13. The Morgan fingerprint density at radius 2 is 1.00 bits per heavy atom. The van der Waals surface area contributed by atoms with Gasteiger partial charge in [-0.15, -0.1) is 0 Å². The van der Waals surface area contributed by atoms with Crippen LogP contribution in [0.15, 0.2) is 60.9 Å². The zero-order valence-corrected chi connectivity index (χ0v) is 24.9. The van der Waals surface area contributed by atoms with E-state index < -0.39 is 66.8 Å². The molecule has 0 saturated carbocycles. The van der Waals surface area contributed by atoms with Crippen molar-refractivity contribution in [3.63, 3.8) is 0 Å². The van der Waals surface area contributed by atoms with Crippen LogP contribution < -0.4 is 0 Å². The smallest absolute Gasteiger partial charge is 0.303 e. The molecule has 0 aliphatic carbocycles. The number of nitrogens with one attached hydrogen (secondary N) is 2. The second kappa shape index (κ2) is 13.9. The van der Waals surface area contributed by atoms with Crippen molar-refractivity contribution in [2.45, 2.75) is 65.0 Å². The van der Waals surface area contributed by atoms with Crippen molar-refractivity contribution in [1.82, 2.24) is 9.97 Å². The number of para-hydroxylation sites is 2. The standard InChI is InChI=1S/C32H34N2O10/c1-17(35)40-16-28(41-18(2)36)30(42-19(3)37)32(44-21(5)39)31(43-20(4)38)29(24-14-33-26-12-8-6-10-22(24)26)25-15-34-27-13-9-7-11-23(25)27/h6-15,28-34H,16H2,1-5H3/t28-,30-,31-,32+/m1/s1. The molecule has 12 nitrogen and oxygen atoms in total. The quantitative estimate of drug-likeness (QED) is 0.178. The number of ether oxygens (including phenoxy) is 5. The zero-order chi connectivity index (χ0) is 32.0. The summed E-state index contributed by atoms with van der Waals surface area (Å²) in [6, 6.07) is 15.0. The molecule has 0 aliphatic rings. The van der Waals surface area contributed by atoms with Gasteiger partial charge >= 0.3 is 29.8 Å². The van der Waals surface area contributed by atoms with Gasteiger partial charge < -0.3 is 33.7 Å². The molecule has 0 unspecified atom stereocenters. The highest BCUT2D eigenvalue weighted by molar-refractivity contribution is 5.88. The Morgan fingerprint density at radius 3 is 1.45 bits per heavy atom. The number of carbonyl (C=O) groups is 5. The van der Waals surface area contributed by atoms with Gasteiger partial charge in [0.25, 0.3) is 0 Å². The van der Waals surface area contributed by atoms with Crippen molar-refractivity contribution >= 4 is 51.7 Å². The van der Waals surface area contributed by atoms with E-state index in [4.69, 9.17) is 23.7 Å². The highest BCUT2D eigenvalue weighted by Gasteiger charge is 2.48. The fraction of sp³-hybridized carbons (Fsp3) is 0.344. The van der Waals surface area contributed by atoms with Crippen LogP contribution in [0.1, 0.15) is 51.7 Å². The molecule has 2 aromatic carbocycles. The fourth-order valence-electron chi connectivity index (χ4n) is 5.41. The molecule has 0 saturated heterocycles. The number of esters is 5. The molecule has 0 aliphatic heterocycles. The first-order valence-electron chi connectivity index (χ1n) is 13.9. The summed E-state index contributed by atoms with van der Waals surface area (Å²) in [4.78, 5) is 68.3. The Balaban J connectivity index is 2.00. The van der Waals surface area contributed by atoms with E-state index >= 15 is 0 Å². The molecule has 0 spiro atoms. The zero-order valence-electron chi connectivity index (χ0n) is 24.9. The molecule has 0 amide bonds. The molecule has 44 heavy (non-hydrogen) atoms. The number of benzene rings is 2. The number of hydrogen-bond acceptors (Lipinski definition) is 10. The van der Waals surface area contributed by atoms with E-state index in [1.807, 2.05) is 48.5 Å². The summed E-state index contributed by atoms with van der Waals surface area (Å²) in [5, 5.41) is 1.59. The molecule has 2 N–H and O–H groups in total. The first-order valence-corrected chi connectivity index (χ1v) is 13.9. The first-order chi connectivity index (χ1) is 21.0. The lowest BCUT2D eigenvalue weighted by atomic mass is 9.81. The van der Waals surface area contributed by atoms with Crippen LogP contribution in [-0.4, -0.2) is 70.8 Å². The Kier molecular flexibility index (Phi) is 10.0. The highest BCUT2D eigenvalue weighted by Crippen LogP contribution is 2.41. The molecule has 0 fully saturated rings. The summed E-state index contributed by atoms with van der Waals surface area (Å²) in [7, 11) is 0. The molecule has 12 heteroatoms. The van der Waals surface area contributed by atoms with Crippen LogP contribution in [0.2, 0.25) is 0 Å². The van der Waals surface area contributed by atoms with Gasteiger partial charge in [-0.1, -0.05) is 36.4 Å². The third-order valence-electron chi connectivity index (χ3n) is 6.93. The predicted octanol–water partition coefficient (Wildman–Crippen LogP) is 4.07. The van der Waals surface area contributed by atoms with E-state index in [-0.39, 0.29) is 0 Å². The van der Waals surface area contributed by atoms with Gasteiger partial charge in [0.15, 0.2) is 24.4 Å². The molecule has 4 rings (SSSR count). The van der Waals surface area contributed by atoms with Gasteiger partial charge in [0, 0.05) is 68.8 Å². The van der Waals surface area contributed by atoms with Crippen molar-refractivity contribution < 1.29 is 47.7 Å². The average molecular weight is 607 g/mol. The van der Waals surface area contributed by atoms with E-state index in [2.05, 4.69) is 9.97 Å². The van der Waals surface area contributed by atoms with E-state index in [1.54, 1.807) is 12.4 Å². The lowest BCUT2D eigenvalue weighted by molar-refractivity contribution is -0.203. The van der Waals surface area contributed by atoms with E-state index in [0.29, 0.717) is 11.1 Å². The number of hydrogen-bond donors (Lipinski definition) is 2. The maximum absolute atomic E-state index is 12.8. The maximum atomic E-state index is 12.8. The lowest BCUT2D eigenvalue weighted by Crippen LogP contribution is -2.54. The molecular weight excluding hydrogens is 572 g/mol. The van der Waals surface area contributed by atoms with Gasteiger partial charge in [-0.25, -0.2) is 0 Å². The van der Waals surface area contributed by atoms with Gasteiger partial charge in [0.05, 0.1) is 5.92 Å². The van der Waals surface area contributed by atoms with Gasteiger partial charge in [0.2, 0.25) is 0 Å². The van der Waals surface area contributed by atoms with Crippen LogP contribution in [0.3, 0.4) is 0 Å². The lowest BCUT2D eigenvalue weighted by Gasteiger charge is -2.38. The number of aromatic amines is 2. The maximum Gasteiger partial charge on any atom is 0.303 e. The van der Waals surface area contributed by atoms with Crippen molar-refractivity contribution in [3.05, 3.63) is 72.1 Å². The Bertz CT molecular complexity index is 1600. The largest absolute Gasteiger partial charge is 0.462 e. The summed E-state index contributed by atoms with van der Waals surface area (Å²) >= 11 is 0. The topological polar surface area (TPSA) is 163 Å². The molecule has 4 aromatic rings. The number of rotatable bonds is 12. The number of carbonyl (C=O) groups excluding carboxylic acids is 5. The molecule has 4 atom stereocenters. The Labute approximate surface area is 252 Å². The van der Waals surface area contributed by atoms with Crippen LogP contribution in [0.4, 0.5) is 0 Å². The molecule has 232 valence electrons. The molecule has 2 aromatic heterocycles. The fourth-order valence-corrected chi connectivity index (χ4v) is 5.41. The minimum Gasteiger partial charge on any atom is -0.462 e. The molecular formula is C32H34N2O10. The SMILES string of the molecule is CC(=O)OC[C@@H](OC(C)=O)[C@@H](OC(C)=O)[C@H](OC(C)=O)[C@H](OC(C)=O)C(c1c[nH]c2ccccc12)c1c[nH]c2ccccc12. The normalized spacial score (nSPS) is 14.0. The van der Waals surface area contributed by atoms with Crippen LogP contribution in [0.5, 0.6) is 0 Å². The highest BCUT2D eigenvalue weighted by atomic mass is 16.6. The van der Waals surface area contributed by atoms with Gasteiger partial charge in [-0.3, -0.25) is 24.0 Å². The number of H-pyrrole nitrogens is 2. The minimum absolute atomic E-state index is 0.539. The van der Waals surface area contributed by atoms with E-state index in [9.17, 15) is 24.0 Å². The second-order valence-corrected chi connectivity index (χ2v) is 10.2. The van der Waals surface area contributed by atoms with E-state index in [0.717, 1.165) is 49.5 Å². The first kappa shape index (κ1) is 31.8. The third kappa shape index (κ3) is 7.44. The van der Waals surface area contributed by atoms with Crippen molar-refractivity contribution in [2.24, 2.45) is 0 Å². The molecule has 2 heterocycles. The van der Waals surface area contributed by atoms with Gasteiger partial charge in [-0.2, -0.15) is 0 Å². The number of fused-ring (bicyclic) bond motifs is 2. The van der Waals surface area contributed by atoms with E-state index in [1.165, 1.54) is 6.92 Å². The monoisotopic (exact) mass is 606 g/mol. The summed E-state index contributed by atoms with van der Waals surface area (Å²) < 4.78 is 28.0. The summed E-state index contributed by atoms with van der Waals surface area (Å²) in [5.41, 5.74) is 2.95.